The lowest BCUT2D eigenvalue weighted by molar-refractivity contribution is -0.0498. The average molecular weight is 297 g/mol. The molecule has 0 amide bonds. The number of aromatic hydroxyl groups is 3. The first-order chi connectivity index (χ1) is 9.97. The van der Waals surface area contributed by atoms with Crippen LogP contribution in [0.2, 0.25) is 0 Å². The maximum absolute atomic E-state index is 12.1. The molecular weight excluding hydrogens is 284 g/mol. The number of halogens is 2. The fourth-order valence-corrected chi connectivity index (χ4v) is 1.73. The number of ether oxygens (including phenoxy) is 1. The second-order valence-corrected chi connectivity index (χ2v) is 4.20. The summed E-state index contributed by atoms with van der Waals surface area (Å²) in [6, 6.07) is 8.60. The molecule has 7 heteroatoms. The van der Waals surface area contributed by atoms with Crippen LogP contribution in [0.4, 0.5) is 14.5 Å². The molecule has 0 bridgehead atoms. The summed E-state index contributed by atoms with van der Waals surface area (Å²) in [5, 5.41) is 31.1. The molecule has 4 N–H and O–H groups in total. The Morgan fingerprint density at radius 2 is 1.81 bits per heavy atom. The molecular formula is C14H13F2NO4. The number of rotatable bonds is 5. The van der Waals surface area contributed by atoms with E-state index in [2.05, 4.69) is 10.1 Å². The van der Waals surface area contributed by atoms with Crippen molar-refractivity contribution in [3.05, 3.63) is 42.0 Å². The lowest BCUT2D eigenvalue weighted by Gasteiger charge is -2.11. The highest BCUT2D eigenvalue weighted by atomic mass is 19.3. The Kier molecular flexibility index (Phi) is 4.32. The normalized spacial score (nSPS) is 10.6. The van der Waals surface area contributed by atoms with Crippen LogP contribution >= 0.6 is 0 Å². The molecule has 21 heavy (non-hydrogen) atoms. The molecule has 0 radical (unpaired) electrons. The maximum atomic E-state index is 12.1. The van der Waals surface area contributed by atoms with Crippen molar-refractivity contribution in [3.63, 3.8) is 0 Å². The fraction of sp³-hybridized carbons (Fsp3) is 0.143. The average Bonchev–Trinajstić information content (AvgIpc) is 2.44. The Morgan fingerprint density at radius 3 is 2.52 bits per heavy atom. The van der Waals surface area contributed by atoms with Gasteiger partial charge in [0.25, 0.3) is 0 Å². The Labute approximate surface area is 119 Å². The topological polar surface area (TPSA) is 82.0 Å². The summed E-state index contributed by atoms with van der Waals surface area (Å²) >= 11 is 0. The van der Waals surface area contributed by atoms with E-state index in [0.717, 1.165) is 0 Å². The molecule has 2 aromatic rings. The van der Waals surface area contributed by atoms with Gasteiger partial charge < -0.3 is 25.4 Å². The first kappa shape index (κ1) is 14.7. The second-order valence-electron chi connectivity index (χ2n) is 4.20. The van der Waals surface area contributed by atoms with Crippen molar-refractivity contribution < 1.29 is 28.8 Å². The number of hydrogen-bond acceptors (Lipinski definition) is 5. The molecule has 0 aromatic heterocycles. The van der Waals surface area contributed by atoms with Crippen LogP contribution in [0.3, 0.4) is 0 Å². The molecule has 0 aliphatic heterocycles. The number of hydrogen-bond donors (Lipinski definition) is 4. The van der Waals surface area contributed by atoms with Crippen molar-refractivity contribution in [1.82, 2.24) is 0 Å². The molecule has 0 atom stereocenters. The Morgan fingerprint density at radius 1 is 1.05 bits per heavy atom. The Bertz CT molecular complexity index is 634. The zero-order chi connectivity index (χ0) is 15.4. The van der Waals surface area contributed by atoms with Gasteiger partial charge in [-0.25, -0.2) is 0 Å². The smallest absolute Gasteiger partial charge is 0.387 e. The van der Waals surface area contributed by atoms with Crippen LogP contribution in [0, 0.1) is 0 Å². The summed E-state index contributed by atoms with van der Waals surface area (Å²) in [5.74, 6) is -1.47. The minimum absolute atomic E-state index is 0.00720. The standard InChI is InChI=1S/C14H13F2NO4/c15-14(16)21-10-3-1-2-9(6-10)17-7-8-4-5-11(18)13(20)12(8)19/h1-6,14,17-20H,7H2. The van der Waals surface area contributed by atoms with Crippen LogP contribution in [-0.2, 0) is 6.54 Å². The van der Waals surface area contributed by atoms with Crippen molar-refractivity contribution in [1.29, 1.82) is 0 Å². The molecule has 5 nitrogen and oxygen atoms in total. The van der Waals surface area contributed by atoms with Crippen LogP contribution in [0.5, 0.6) is 23.0 Å². The van der Waals surface area contributed by atoms with Crippen molar-refractivity contribution in [2.75, 3.05) is 5.32 Å². The molecule has 0 saturated carbocycles. The van der Waals surface area contributed by atoms with Gasteiger partial charge in [-0.15, -0.1) is 0 Å². The minimum atomic E-state index is -2.90. The fourth-order valence-electron chi connectivity index (χ4n) is 1.73. The van der Waals surface area contributed by atoms with Gasteiger partial charge in [0.15, 0.2) is 11.5 Å². The lowest BCUT2D eigenvalue weighted by Crippen LogP contribution is -2.03. The van der Waals surface area contributed by atoms with Gasteiger partial charge in [0, 0.05) is 23.9 Å². The number of alkyl halides is 2. The Hall–Kier alpha value is -2.70. The summed E-state index contributed by atoms with van der Waals surface area (Å²) in [7, 11) is 0. The van der Waals surface area contributed by atoms with Gasteiger partial charge in [0.05, 0.1) is 0 Å². The Balaban J connectivity index is 2.08. The third-order valence-electron chi connectivity index (χ3n) is 2.76. The lowest BCUT2D eigenvalue weighted by atomic mass is 10.1. The van der Waals surface area contributed by atoms with E-state index in [1.807, 2.05) is 0 Å². The van der Waals surface area contributed by atoms with E-state index in [0.29, 0.717) is 11.3 Å². The molecule has 2 rings (SSSR count). The highest BCUT2D eigenvalue weighted by Gasteiger charge is 2.11. The molecule has 0 aliphatic rings. The molecule has 0 saturated heterocycles. The molecule has 0 aliphatic carbocycles. The summed E-state index contributed by atoms with van der Waals surface area (Å²) < 4.78 is 28.5. The zero-order valence-electron chi connectivity index (χ0n) is 10.8. The van der Waals surface area contributed by atoms with Crippen LogP contribution in [-0.4, -0.2) is 21.9 Å². The summed E-state index contributed by atoms with van der Waals surface area (Å²) in [5.41, 5.74) is 0.839. The van der Waals surface area contributed by atoms with E-state index in [1.165, 1.54) is 30.3 Å². The summed E-state index contributed by atoms with van der Waals surface area (Å²) in [4.78, 5) is 0. The number of nitrogens with one attached hydrogen (secondary N) is 1. The summed E-state index contributed by atoms with van der Waals surface area (Å²) in [6.07, 6.45) is 0. The quantitative estimate of drug-likeness (QED) is 0.638. The predicted molar refractivity (Wildman–Crippen MR) is 71.8 cm³/mol. The van der Waals surface area contributed by atoms with E-state index in [1.54, 1.807) is 6.07 Å². The molecule has 0 spiro atoms. The molecule has 0 unspecified atom stereocenters. The molecule has 0 heterocycles. The first-order valence-electron chi connectivity index (χ1n) is 5.99. The van der Waals surface area contributed by atoms with E-state index in [4.69, 9.17) is 0 Å². The van der Waals surface area contributed by atoms with Gasteiger partial charge in [0.2, 0.25) is 5.75 Å². The van der Waals surface area contributed by atoms with Crippen molar-refractivity contribution in [2.24, 2.45) is 0 Å². The van der Waals surface area contributed by atoms with E-state index in [-0.39, 0.29) is 12.3 Å². The third kappa shape index (κ3) is 3.65. The van der Waals surface area contributed by atoms with Crippen molar-refractivity contribution in [3.8, 4) is 23.0 Å². The molecule has 112 valence electrons. The number of phenols is 3. The van der Waals surface area contributed by atoms with E-state index >= 15 is 0 Å². The van der Waals surface area contributed by atoms with Crippen molar-refractivity contribution in [2.45, 2.75) is 13.2 Å². The monoisotopic (exact) mass is 297 g/mol. The summed E-state index contributed by atoms with van der Waals surface area (Å²) in [6.45, 7) is -2.78. The zero-order valence-corrected chi connectivity index (χ0v) is 10.8. The van der Waals surface area contributed by atoms with Gasteiger partial charge in [-0.1, -0.05) is 6.07 Å². The van der Waals surface area contributed by atoms with Gasteiger partial charge in [-0.3, -0.25) is 0 Å². The maximum Gasteiger partial charge on any atom is 0.387 e. The van der Waals surface area contributed by atoms with Crippen LogP contribution < -0.4 is 10.1 Å². The highest BCUT2D eigenvalue weighted by molar-refractivity contribution is 5.55. The van der Waals surface area contributed by atoms with Gasteiger partial charge in [-0.2, -0.15) is 8.78 Å². The first-order valence-corrected chi connectivity index (χ1v) is 5.99. The third-order valence-corrected chi connectivity index (χ3v) is 2.76. The van der Waals surface area contributed by atoms with Crippen molar-refractivity contribution >= 4 is 5.69 Å². The molecule has 2 aromatic carbocycles. The molecule has 0 fully saturated rings. The van der Waals surface area contributed by atoms with E-state index in [9.17, 15) is 24.1 Å². The predicted octanol–water partition coefficient (Wildman–Crippen LogP) is 3.02. The second kappa shape index (κ2) is 6.17. The van der Waals surface area contributed by atoms with Crippen LogP contribution in [0.25, 0.3) is 0 Å². The number of benzene rings is 2. The van der Waals surface area contributed by atoms with Crippen LogP contribution in [0.15, 0.2) is 36.4 Å². The van der Waals surface area contributed by atoms with Gasteiger partial charge in [-0.05, 0) is 24.3 Å². The van der Waals surface area contributed by atoms with Gasteiger partial charge in [0.1, 0.15) is 5.75 Å². The largest absolute Gasteiger partial charge is 0.504 e. The number of anilines is 1. The van der Waals surface area contributed by atoms with Crippen LogP contribution in [0.1, 0.15) is 5.56 Å². The van der Waals surface area contributed by atoms with Gasteiger partial charge >= 0.3 is 6.61 Å². The number of phenolic OH excluding ortho intramolecular Hbond substituents is 3. The highest BCUT2D eigenvalue weighted by Crippen LogP contribution is 2.37. The SMILES string of the molecule is Oc1ccc(CNc2cccc(OC(F)F)c2)c(O)c1O. The van der Waals surface area contributed by atoms with E-state index < -0.39 is 23.9 Å². The minimum Gasteiger partial charge on any atom is -0.504 e.